The van der Waals surface area contributed by atoms with Gasteiger partial charge in [-0.3, -0.25) is 0 Å². The van der Waals surface area contributed by atoms with Crippen LogP contribution >= 0.6 is 32.7 Å². The zero-order chi connectivity index (χ0) is 19.8. The van der Waals surface area contributed by atoms with E-state index in [0.29, 0.717) is 13.1 Å². The van der Waals surface area contributed by atoms with Gasteiger partial charge in [-0.25, -0.2) is 4.79 Å². The van der Waals surface area contributed by atoms with Gasteiger partial charge in [0.1, 0.15) is 11.6 Å². The number of aliphatic hydroxyl groups excluding tert-OH is 2. The monoisotopic (exact) mass is 424 g/mol. The Morgan fingerprint density at radius 2 is 1.78 bits per heavy atom. The molecule has 144 valence electrons. The van der Waals surface area contributed by atoms with Crippen molar-refractivity contribution in [2.24, 2.45) is 0 Å². The summed E-state index contributed by atoms with van der Waals surface area (Å²) in [6, 6.07) is 5.88. The van der Waals surface area contributed by atoms with E-state index in [4.69, 9.17) is 10.4 Å². The molecule has 0 atom stereocenters. The topological polar surface area (TPSA) is 105 Å². The van der Waals surface area contributed by atoms with Crippen molar-refractivity contribution in [3.05, 3.63) is 22.6 Å². The zero-order valence-electron chi connectivity index (χ0n) is 14.9. The van der Waals surface area contributed by atoms with Crippen LogP contribution in [0.3, 0.4) is 0 Å². The molecule has 9 heteroatoms. The molecular weight excluding hydrogens is 404 g/mol. The number of hydrogen-bond acceptors (Lipinski definition) is 7. The van der Waals surface area contributed by atoms with Crippen LogP contribution in [-0.2, 0) is 4.79 Å². The second-order valence-electron chi connectivity index (χ2n) is 6.36. The van der Waals surface area contributed by atoms with Crippen LogP contribution in [0.2, 0.25) is 0 Å². The molecule has 2 aromatic heterocycles. The van der Waals surface area contributed by atoms with Crippen molar-refractivity contribution in [3.8, 4) is 15.8 Å². The van der Waals surface area contributed by atoms with Gasteiger partial charge in [0.15, 0.2) is 0 Å². The van der Waals surface area contributed by atoms with Gasteiger partial charge in [0.25, 0.3) is 0 Å². The van der Waals surface area contributed by atoms with Crippen LogP contribution in [0, 0.1) is 11.3 Å². The van der Waals surface area contributed by atoms with E-state index in [1.165, 1.54) is 32.1 Å². The standard InChI is InChI=1S/C18H20N2O4S3/c1-27(2)13-8-12(7-11(10-19)18(23)24)25-16(13)17-14(27)9-15(26-17)20(3-5-21)4-6-22/h7-9,21-22H,3-6H2,1-2H3,(H,23,24)/b11-7+. The molecule has 6 nitrogen and oxygen atoms in total. The minimum absolute atomic E-state index is 0.0180. The Kier molecular flexibility index (Phi) is 5.65. The minimum atomic E-state index is -1.24. The quantitative estimate of drug-likeness (QED) is 0.466. The van der Waals surface area contributed by atoms with E-state index in [1.54, 1.807) is 17.4 Å². The number of aliphatic carboxylic acids is 1. The summed E-state index contributed by atoms with van der Waals surface area (Å²) in [5, 5.41) is 37.7. The smallest absolute Gasteiger partial charge is 0.346 e. The Labute approximate surface area is 166 Å². The molecule has 3 heterocycles. The van der Waals surface area contributed by atoms with Gasteiger partial charge in [-0.1, -0.05) is 0 Å². The van der Waals surface area contributed by atoms with Crippen LogP contribution in [0.5, 0.6) is 0 Å². The summed E-state index contributed by atoms with van der Waals surface area (Å²) < 4.78 is 0. The van der Waals surface area contributed by atoms with Crippen molar-refractivity contribution in [2.45, 2.75) is 9.79 Å². The molecular formula is C18H20N2O4S3. The summed E-state index contributed by atoms with van der Waals surface area (Å²) in [6.07, 6.45) is 5.84. The van der Waals surface area contributed by atoms with Crippen LogP contribution in [0.25, 0.3) is 15.8 Å². The maximum Gasteiger partial charge on any atom is 0.346 e. The highest BCUT2D eigenvalue weighted by molar-refractivity contribution is 8.33. The number of carbonyl (C=O) groups is 1. The van der Waals surface area contributed by atoms with Gasteiger partial charge in [-0.2, -0.15) is 15.3 Å². The predicted molar refractivity (Wildman–Crippen MR) is 111 cm³/mol. The van der Waals surface area contributed by atoms with Crippen LogP contribution in [0.4, 0.5) is 5.00 Å². The van der Waals surface area contributed by atoms with Gasteiger partial charge < -0.3 is 20.2 Å². The normalized spacial score (nSPS) is 15.7. The molecule has 0 fully saturated rings. The van der Waals surface area contributed by atoms with Crippen molar-refractivity contribution < 1.29 is 20.1 Å². The first-order valence-electron chi connectivity index (χ1n) is 8.16. The Morgan fingerprint density at radius 1 is 1.19 bits per heavy atom. The molecule has 0 radical (unpaired) electrons. The van der Waals surface area contributed by atoms with E-state index in [-0.39, 0.29) is 18.8 Å². The molecule has 0 unspecified atom stereocenters. The molecule has 27 heavy (non-hydrogen) atoms. The van der Waals surface area contributed by atoms with E-state index in [2.05, 4.69) is 18.6 Å². The third kappa shape index (κ3) is 3.51. The van der Waals surface area contributed by atoms with Crippen LogP contribution in [0.15, 0.2) is 27.5 Å². The van der Waals surface area contributed by atoms with Crippen LogP contribution in [0.1, 0.15) is 4.88 Å². The number of fused-ring (bicyclic) bond motifs is 3. The van der Waals surface area contributed by atoms with Crippen molar-refractivity contribution in [1.29, 1.82) is 5.26 Å². The fraction of sp³-hybridized carbons (Fsp3) is 0.333. The highest BCUT2D eigenvalue weighted by Crippen LogP contribution is 2.71. The second kappa shape index (κ2) is 7.66. The van der Waals surface area contributed by atoms with Crippen LogP contribution in [-0.4, -0.2) is 60.1 Å². The molecule has 0 bridgehead atoms. The summed E-state index contributed by atoms with van der Waals surface area (Å²) in [7, 11) is -1.24. The number of aliphatic hydroxyl groups is 2. The molecule has 2 aromatic rings. The predicted octanol–water partition coefficient (Wildman–Crippen LogP) is 3.05. The van der Waals surface area contributed by atoms with Gasteiger partial charge in [-0.05, 0) is 30.7 Å². The first kappa shape index (κ1) is 19.9. The molecule has 0 aromatic carbocycles. The van der Waals surface area contributed by atoms with Gasteiger partial charge in [0.05, 0.1) is 28.0 Å². The van der Waals surface area contributed by atoms with E-state index < -0.39 is 16.0 Å². The lowest BCUT2D eigenvalue weighted by Gasteiger charge is -2.27. The SMILES string of the molecule is CS1(C)c2cc(/C=C(\C#N)C(=O)O)sc2-c2sc(N(CCO)CCO)cc21. The summed E-state index contributed by atoms with van der Waals surface area (Å²) in [5.74, 6) is -1.22. The molecule has 0 aliphatic carbocycles. The fourth-order valence-electron chi connectivity index (χ4n) is 3.03. The van der Waals surface area contributed by atoms with E-state index in [9.17, 15) is 15.0 Å². The Bertz CT molecular complexity index is 946. The minimum Gasteiger partial charge on any atom is -0.477 e. The summed E-state index contributed by atoms with van der Waals surface area (Å²) in [5.41, 5.74) is -0.271. The first-order valence-corrected chi connectivity index (χ1v) is 12.2. The molecule has 3 N–H and O–H groups in total. The number of nitrogens with zero attached hydrogens (tertiary/aromatic N) is 2. The Hall–Kier alpha value is -1.83. The van der Waals surface area contributed by atoms with Gasteiger partial charge in [0, 0.05) is 27.8 Å². The molecule has 1 aliphatic heterocycles. The lowest BCUT2D eigenvalue weighted by molar-refractivity contribution is -0.132. The van der Waals surface area contributed by atoms with Crippen LogP contribution < -0.4 is 4.90 Å². The highest BCUT2D eigenvalue weighted by atomic mass is 32.3. The Balaban J connectivity index is 2.05. The van der Waals surface area contributed by atoms with E-state index in [0.717, 1.165) is 14.8 Å². The zero-order valence-corrected chi connectivity index (χ0v) is 17.4. The van der Waals surface area contributed by atoms with Crippen molar-refractivity contribution in [3.63, 3.8) is 0 Å². The number of nitriles is 1. The number of hydrogen-bond donors (Lipinski definition) is 3. The maximum absolute atomic E-state index is 11.1. The highest BCUT2D eigenvalue weighted by Gasteiger charge is 2.36. The third-order valence-electron chi connectivity index (χ3n) is 4.40. The molecule has 0 saturated carbocycles. The molecule has 1 aliphatic rings. The summed E-state index contributed by atoms with van der Waals surface area (Å²) in [6.45, 7) is 0.963. The Morgan fingerprint density at radius 3 is 2.33 bits per heavy atom. The van der Waals surface area contributed by atoms with E-state index in [1.807, 2.05) is 11.0 Å². The number of thiophene rings is 2. The molecule has 3 rings (SSSR count). The molecule has 0 amide bonds. The second-order valence-corrected chi connectivity index (χ2v) is 12.0. The van der Waals surface area contributed by atoms with Gasteiger partial charge >= 0.3 is 5.97 Å². The largest absolute Gasteiger partial charge is 0.477 e. The third-order valence-corrected chi connectivity index (χ3v) is 9.94. The summed E-state index contributed by atoms with van der Waals surface area (Å²) in [4.78, 5) is 18.6. The average Bonchev–Trinajstić information content (AvgIpc) is 3.27. The number of carboxylic acids is 1. The number of carboxylic acid groups (broad SMARTS) is 1. The summed E-state index contributed by atoms with van der Waals surface area (Å²) >= 11 is 3.14. The first-order chi connectivity index (χ1) is 12.8. The van der Waals surface area contributed by atoms with Crippen molar-refractivity contribution >= 4 is 49.7 Å². The lowest BCUT2D eigenvalue weighted by atomic mass is 10.2. The lowest BCUT2D eigenvalue weighted by Crippen LogP contribution is -2.28. The van der Waals surface area contributed by atoms with Gasteiger partial charge in [0.2, 0.25) is 0 Å². The van der Waals surface area contributed by atoms with Gasteiger partial charge in [-0.15, -0.1) is 22.7 Å². The van der Waals surface area contributed by atoms with E-state index >= 15 is 0 Å². The maximum atomic E-state index is 11.1. The number of rotatable bonds is 7. The fourth-order valence-corrected chi connectivity index (χ4v) is 9.27. The molecule has 0 spiro atoms. The number of anilines is 1. The van der Waals surface area contributed by atoms with Crippen molar-refractivity contribution in [2.75, 3.05) is 43.7 Å². The van der Waals surface area contributed by atoms with Crippen molar-refractivity contribution in [1.82, 2.24) is 0 Å². The molecule has 0 saturated heterocycles. The average molecular weight is 425 g/mol.